The summed E-state index contributed by atoms with van der Waals surface area (Å²) in [6.07, 6.45) is 0.176. The Morgan fingerprint density at radius 2 is 1.85 bits per heavy atom. The number of hydrogen-bond donors (Lipinski definition) is 0. The van der Waals surface area contributed by atoms with Gasteiger partial charge in [-0.25, -0.2) is 0 Å². The first-order chi connectivity index (χ1) is 12.3. The number of carbonyl (C=O) groups is 3. The molecule has 7 heteroatoms. The summed E-state index contributed by atoms with van der Waals surface area (Å²) in [6, 6.07) is 7.06. The fourth-order valence-corrected chi connectivity index (χ4v) is 3.06. The van der Waals surface area contributed by atoms with Crippen LogP contribution in [0.4, 0.5) is 5.69 Å². The topological polar surface area (TPSA) is 76.2 Å². The lowest BCUT2D eigenvalue weighted by molar-refractivity contribution is -0.152. The van der Waals surface area contributed by atoms with Crippen LogP contribution in [0, 0.1) is 0 Å². The average Bonchev–Trinajstić information content (AvgIpc) is 2.72. The molecule has 2 amide bonds. The highest BCUT2D eigenvalue weighted by atomic mass is 16.5. The van der Waals surface area contributed by atoms with Crippen LogP contribution in [0.2, 0.25) is 0 Å². The molecule has 1 aromatic carbocycles. The molecule has 1 aromatic rings. The number of amides is 2. The molecule has 0 unspecified atom stereocenters. The Morgan fingerprint density at radius 1 is 1.19 bits per heavy atom. The Hall–Kier alpha value is -2.57. The van der Waals surface area contributed by atoms with E-state index in [0.717, 1.165) is 0 Å². The first kappa shape index (κ1) is 19.8. The molecule has 0 saturated carbocycles. The molecule has 1 aliphatic rings. The number of nitrogens with zero attached hydrogens (tertiary/aromatic N) is 2. The van der Waals surface area contributed by atoms with Gasteiger partial charge in [0, 0.05) is 12.1 Å². The van der Waals surface area contributed by atoms with Crippen LogP contribution in [-0.4, -0.2) is 54.5 Å². The third-order valence-corrected chi connectivity index (χ3v) is 4.08. The normalized spacial score (nSPS) is 13.9. The van der Waals surface area contributed by atoms with E-state index in [2.05, 4.69) is 0 Å². The largest absolute Gasteiger partial charge is 0.491 e. The van der Waals surface area contributed by atoms with Gasteiger partial charge in [0.25, 0.3) is 5.91 Å². The molecule has 0 radical (unpaired) electrons. The Bertz CT molecular complexity index is 664. The van der Waals surface area contributed by atoms with Gasteiger partial charge in [-0.15, -0.1) is 0 Å². The van der Waals surface area contributed by atoms with E-state index in [1.807, 2.05) is 27.7 Å². The van der Waals surface area contributed by atoms with Gasteiger partial charge in [-0.2, -0.15) is 0 Å². The van der Waals surface area contributed by atoms with Gasteiger partial charge < -0.3 is 14.4 Å². The SMILES string of the molecule is CC(C)N(C(=O)COC(=O)CN1C(=O)CCOc2ccccc21)C(C)C. The lowest BCUT2D eigenvalue weighted by Gasteiger charge is -2.30. The third-order valence-electron chi connectivity index (χ3n) is 4.08. The van der Waals surface area contributed by atoms with Crippen LogP contribution in [0.1, 0.15) is 34.1 Å². The number of hydrogen-bond acceptors (Lipinski definition) is 5. The van der Waals surface area contributed by atoms with Gasteiger partial charge in [0.15, 0.2) is 6.61 Å². The highest BCUT2D eigenvalue weighted by Crippen LogP contribution is 2.30. The zero-order valence-electron chi connectivity index (χ0n) is 15.7. The molecule has 1 aliphatic heterocycles. The Labute approximate surface area is 153 Å². The van der Waals surface area contributed by atoms with Gasteiger partial charge in [0.1, 0.15) is 12.3 Å². The molecular weight excluding hydrogens is 336 g/mol. The molecule has 0 aromatic heterocycles. The average molecular weight is 362 g/mol. The Balaban J connectivity index is 2.01. The minimum atomic E-state index is -0.629. The quantitative estimate of drug-likeness (QED) is 0.724. The van der Waals surface area contributed by atoms with Crippen LogP contribution in [0.15, 0.2) is 24.3 Å². The summed E-state index contributed by atoms with van der Waals surface area (Å²) in [6.45, 7) is 7.31. The van der Waals surface area contributed by atoms with E-state index in [0.29, 0.717) is 11.4 Å². The highest BCUT2D eigenvalue weighted by molar-refractivity contribution is 5.99. The van der Waals surface area contributed by atoms with Crippen LogP contribution in [0.25, 0.3) is 0 Å². The lowest BCUT2D eigenvalue weighted by Crippen LogP contribution is -2.45. The van der Waals surface area contributed by atoms with Crippen molar-refractivity contribution in [3.05, 3.63) is 24.3 Å². The molecule has 1 heterocycles. The van der Waals surface area contributed by atoms with E-state index in [-0.39, 0.29) is 50.1 Å². The van der Waals surface area contributed by atoms with Crippen molar-refractivity contribution >= 4 is 23.5 Å². The molecule has 0 N–H and O–H groups in total. The first-order valence-corrected chi connectivity index (χ1v) is 8.80. The van der Waals surface area contributed by atoms with Gasteiger partial charge in [-0.05, 0) is 39.8 Å². The Morgan fingerprint density at radius 3 is 2.50 bits per heavy atom. The van der Waals surface area contributed by atoms with E-state index in [9.17, 15) is 14.4 Å². The standard InChI is InChI=1S/C19H26N2O5/c1-13(2)21(14(3)4)18(23)12-26-19(24)11-20-15-7-5-6-8-16(15)25-10-9-17(20)22/h5-8,13-14H,9-12H2,1-4H3. The van der Waals surface area contributed by atoms with Gasteiger partial charge in [-0.1, -0.05) is 12.1 Å². The summed E-state index contributed by atoms with van der Waals surface area (Å²) in [5.41, 5.74) is 0.532. The minimum absolute atomic E-state index is 0.0115. The second-order valence-corrected chi connectivity index (χ2v) is 6.70. The summed E-state index contributed by atoms with van der Waals surface area (Å²) in [5.74, 6) is -0.553. The summed E-state index contributed by atoms with van der Waals surface area (Å²) in [5, 5.41) is 0. The van der Waals surface area contributed by atoms with E-state index in [1.165, 1.54) is 4.90 Å². The van der Waals surface area contributed by atoms with Crippen molar-refractivity contribution in [3.8, 4) is 5.75 Å². The van der Waals surface area contributed by atoms with Crippen molar-refractivity contribution in [1.82, 2.24) is 4.90 Å². The molecule has 142 valence electrons. The number of esters is 1. The number of fused-ring (bicyclic) bond motifs is 1. The fraction of sp³-hybridized carbons (Fsp3) is 0.526. The molecule has 0 aliphatic carbocycles. The van der Waals surface area contributed by atoms with Crippen molar-refractivity contribution in [3.63, 3.8) is 0 Å². The Kier molecular flexibility index (Phi) is 6.60. The van der Waals surface area contributed by atoms with E-state index in [4.69, 9.17) is 9.47 Å². The van der Waals surface area contributed by atoms with Gasteiger partial charge in [0.05, 0.1) is 18.7 Å². The number of ether oxygens (including phenoxy) is 2. The lowest BCUT2D eigenvalue weighted by atomic mass is 10.2. The monoisotopic (exact) mass is 362 g/mol. The third kappa shape index (κ3) is 4.74. The summed E-state index contributed by atoms with van der Waals surface area (Å²) in [7, 11) is 0. The van der Waals surface area contributed by atoms with Crippen molar-refractivity contribution < 1.29 is 23.9 Å². The van der Waals surface area contributed by atoms with Crippen LogP contribution in [0.3, 0.4) is 0 Å². The second kappa shape index (κ2) is 8.69. The molecule has 0 spiro atoms. The van der Waals surface area contributed by atoms with Crippen molar-refractivity contribution in [2.45, 2.75) is 46.2 Å². The molecule has 26 heavy (non-hydrogen) atoms. The maximum Gasteiger partial charge on any atom is 0.326 e. The number of benzene rings is 1. The summed E-state index contributed by atoms with van der Waals surface area (Å²) in [4.78, 5) is 39.8. The smallest absolute Gasteiger partial charge is 0.326 e. The predicted octanol–water partition coefficient (Wildman–Crippen LogP) is 1.99. The summed E-state index contributed by atoms with van der Waals surface area (Å²) >= 11 is 0. The number of carbonyl (C=O) groups excluding carboxylic acids is 3. The van der Waals surface area contributed by atoms with Gasteiger partial charge >= 0.3 is 5.97 Å². The molecule has 2 rings (SSSR count). The minimum Gasteiger partial charge on any atom is -0.491 e. The molecule has 0 saturated heterocycles. The van der Waals surface area contributed by atoms with Crippen LogP contribution >= 0.6 is 0 Å². The van der Waals surface area contributed by atoms with Crippen molar-refractivity contribution in [2.24, 2.45) is 0 Å². The number of para-hydroxylation sites is 2. The van der Waals surface area contributed by atoms with Gasteiger partial charge in [0.2, 0.25) is 5.91 Å². The maximum atomic E-state index is 12.3. The van der Waals surface area contributed by atoms with Crippen molar-refractivity contribution in [2.75, 3.05) is 24.7 Å². The molecule has 0 atom stereocenters. The highest BCUT2D eigenvalue weighted by Gasteiger charge is 2.27. The van der Waals surface area contributed by atoms with E-state index >= 15 is 0 Å². The molecule has 0 fully saturated rings. The number of rotatable bonds is 6. The van der Waals surface area contributed by atoms with Gasteiger partial charge in [-0.3, -0.25) is 19.3 Å². The zero-order chi connectivity index (χ0) is 19.3. The zero-order valence-corrected chi connectivity index (χ0v) is 15.7. The van der Waals surface area contributed by atoms with Crippen LogP contribution in [-0.2, 0) is 19.1 Å². The maximum absolute atomic E-state index is 12.3. The first-order valence-electron chi connectivity index (χ1n) is 8.80. The summed E-state index contributed by atoms with van der Waals surface area (Å²) < 4.78 is 10.7. The number of anilines is 1. The van der Waals surface area contributed by atoms with Crippen LogP contribution < -0.4 is 9.64 Å². The van der Waals surface area contributed by atoms with E-state index < -0.39 is 5.97 Å². The van der Waals surface area contributed by atoms with Crippen molar-refractivity contribution in [1.29, 1.82) is 0 Å². The molecule has 7 nitrogen and oxygen atoms in total. The molecule has 0 bridgehead atoms. The fourth-order valence-electron chi connectivity index (χ4n) is 3.06. The predicted molar refractivity (Wildman–Crippen MR) is 97.0 cm³/mol. The van der Waals surface area contributed by atoms with Crippen LogP contribution in [0.5, 0.6) is 5.75 Å². The van der Waals surface area contributed by atoms with E-state index in [1.54, 1.807) is 29.2 Å². The molecular formula is C19H26N2O5. The second-order valence-electron chi connectivity index (χ2n) is 6.70.